The van der Waals surface area contributed by atoms with Gasteiger partial charge in [-0.05, 0) is 25.1 Å². The van der Waals surface area contributed by atoms with E-state index in [9.17, 15) is 9.50 Å². The Balaban J connectivity index is 2.37. The topological polar surface area (TPSA) is 29.5 Å². The molecular formula is C14H12ClFO2. The molecule has 0 saturated carbocycles. The standard InChI is InChI=1S/C14H12ClFO2/c1-9(17)10-5-2-3-7-12(10)18-13-8-4-6-11(15)14(13)16/h2-9,17H,1H3. The minimum atomic E-state index is -0.691. The summed E-state index contributed by atoms with van der Waals surface area (Å²) < 4.78 is 19.2. The third kappa shape index (κ3) is 2.63. The summed E-state index contributed by atoms with van der Waals surface area (Å²) in [7, 11) is 0. The van der Waals surface area contributed by atoms with Crippen molar-refractivity contribution in [1.29, 1.82) is 0 Å². The second kappa shape index (κ2) is 5.38. The van der Waals surface area contributed by atoms with Gasteiger partial charge in [0.05, 0.1) is 11.1 Å². The monoisotopic (exact) mass is 266 g/mol. The first-order valence-electron chi connectivity index (χ1n) is 5.48. The Kier molecular flexibility index (Phi) is 3.84. The summed E-state index contributed by atoms with van der Waals surface area (Å²) in [4.78, 5) is 0. The lowest BCUT2D eigenvalue weighted by molar-refractivity contribution is 0.195. The van der Waals surface area contributed by atoms with Crippen LogP contribution in [0.3, 0.4) is 0 Å². The summed E-state index contributed by atoms with van der Waals surface area (Å²) >= 11 is 5.68. The van der Waals surface area contributed by atoms with Gasteiger partial charge in [0.15, 0.2) is 11.6 Å². The van der Waals surface area contributed by atoms with Gasteiger partial charge in [-0.2, -0.15) is 0 Å². The van der Waals surface area contributed by atoms with E-state index < -0.39 is 11.9 Å². The molecule has 0 bridgehead atoms. The molecule has 2 aromatic rings. The van der Waals surface area contributed by atoms with Gasteiger partial charge in [0.1, 0.15) is 5.75 Å². The van der Waals surface area contributed by atoms with Crippen LogP contribution >= 0.6 is 11.6 Å². The molecule has 94 valence electrons. The van der Waals surface area contributed by atoms with Gasteiger partial charge >= 0.3 is 0 Å². The first-order valence-corrected chi connectivity index (χ1v) is 5.86. The zero-order valence-electron chi connectivity index (χ0n) is 9.73. The fourth-order valence-corrected chi connectivity index (χ4v) is 1.77. The molecule has 2 aromatic carbocycles. The van der Waals surface area contributed by atoms with Gasteiger partial charge in [-0.3, -0.25) is 0 Å². The van der Waals surface area contributed by atoms with Crippen LogP contribution in [0.2, 0.25) is 5.02 Å². The average molecular weight is 267 g/mol. The van der Waals surface area contributed by atoms with Gasteiger partial charge in [0, 0.05) is 5.56 Å². The number of aliphatic hydroxyl groups is 1. The Morgan fingerprint density at radius 3 is 2.50 bits per heavy atom. The van der Waals surface area contributed by atoms with Gasteiger partial charge in [-0.15, -0.1) is 0 Å². The number of hydrogen-bond donors (Lipinski definition) is 1. The normalized spacial score (nSPS) is 12.2. The van der Waals surface area contributed by atoms with E-state index in [4.69, 9.17) is 16.3 Å². The zero-order chi connectivity index (χ0) is 13.1. The number of rotatable bonds is 3. The molecular weight excluding hydrogens is 255 g/mol. The van der Waals surface area contributed by atoms with Crippen molar-refractivity contribution < 1.29 is 14.2 Å². The molecule has 2 nitrogen and oxygen atoms in total. The van der Waals surface area contributed by atoms with Crippen molar-refractivity contribution in [2.24, 2.45) is 0 Å². The van der Waals surface area contributed by atoms with Crippen LogP contribution < -0.4 is 4.74 Å². The van der Waals surface area contributed by atoms with E-state index in [1.165, 1.54) is 12.1 Å². The molecule has 0 aliphatic rings. The van der Waals surface area contributed by atoms with Crippen LogP contribution in [0.25, 0.3) is 0 Å². The third-order valence-corrected chi connectivity index (χ3v) is 2.80. The first kappa shape index (κ1) is 12.9. The lowest BCUT2D eigenvalue weighted by atomic mass is 10.1. The molecule has 1 unspecified atom stereocenters. The fraction of sp³-hybridized carbons (Fsp3) is 0.143. The maximum atomic E-state index is 13.7. The van der Waals surface area contributed by atoms with E-state index >= 15 is 0 Å². The van der Waals surface area contributed by atoms with Gasteiger partial charge in [0.2, 0.25) is 0 Å². The summed E-state index contributed by atoms with van der Waals surface area (Å²) in [5.41, 5.74) is 0.594. The van der Waals surface area contributed by atoms with E-state index in [0.717, 1.165) is 0 Å². The lowest BCUT2D eigenvalue weighted by Crippen LogP contribution is -1.97. The van der Waals surface area contributed by atoms with Crippen LogP contribution in [0.5, 0.6) is 11.5 Å². The maximum absolute atomic E-state index is 13.7. The van der Waals surface area contributed by atoms with E-state index in [1.807, 2.05) is 0 Å². The Morgan fingerprint density at radius 1 is 1.11 bits per heavy atom. The smallest absolute Gasteiger partial charge is 0.184 e. The van der Waals surface area contributed by atoms with Gasteiger partial charge < -0.3 is 9.84 Å². The van der Waals surface area contributed by atoms with E-state index in [-0.39, 0.29) is 10.8 Å². The minimum absolute atomic E-state index is 0.00188. The number of ether oxygens (including phenoxy) is 1. The van der Waals surface area contributed by atoms with Crippen molar-refractivity contribution >= 4 is 11.6 Å². The molecule has 0 fully saturated rings. The van der Waals surface area contributed by atoms with Crippen LogP contribution in [0.15, 0.2) is 42.5 Å². The molecule has 4 heteroatoms. The minimum Gasteiger partial charge on any atom is -0.454 e. The highest BCUT2D eigenvalue weighted by atomic mass is 35.5. The average Bonchev–Trinajstić information content (AvgIpc) is 2.35. The number of aliphatic hydroxyl groups excluding tert-OH is 1. The molecule has 2 rings (SSSR count). The highest BCUT2D eigenvalue weighted by molar-refractivity contribution is 6.30. The molecule has 0 heterocycles. The quantitative estimate of drug-likeness (QED) is 0.896. The SMILES string of the molecule is CC(O)c1ccccc1Oc1cccc(Cl)c1F. The Morgan fingerprint density at radius 2 is 1.78 bits per heavy atom. The largest absolute Gasteiger partial charge is 0.454 e. The van der Waals surface area contributed by atoms with E-state index in [2.05, 4.69) is 0 Å². The van der Waals surface area contributed by atoms with Crippen LogP contribution in [0.4, 0.5) is 4.39 Å². The summed E-state index contributed by atoms with van der Waals surface area (Å²) in [5, 5.41) is 9.61. The molecule has 0 saturated heterocycles. The number of halogens is 2. The number of benzene rings is 2. The molecule has 1 atom stereocenters. The summed E-state index contributed by atoms with van der Waals surface area (Å²) in [6, 6.07) is 11.5. The predicted molar refractivity (Wildman–Crippen MR) is 68.6 cm³/mol. The highest BCUT2D eigenvalue weighted by Gasteiger charge is 2.12. The lowest BCUT2D eigenvalue weighted by Gasteiger charge is -2.13. The Hall–Kier alpha value is -1.58. The van der Waals surface area contributed by atoms with Gasteiger partial charge in [-0.25, -0.2) is 4.39 Å². The summed E-state index contributed by atoms with van der Waals surface area (Å²) in [6.07, 6.45) is -0.691. The molecule has 0 spiro atoms. The maximum Gasteiger partial charge on any atom is 0.184 e. The highest BCUT2D eigenvalue weighted by Crippen LogP contribution is 2.32. The van der Waals surface area contributed by atoms with Crippen molar-refractivity contribution in [2.45, 2.75) is 13.0 Å². The fourth-order valence-electron chi connectivity index (χ4n) is 1.60. The molecule has 1 N–H and O–H groups in total. The van der Waals surface area contributed by atoms with Crippen molar-refractivity contribution in [3.8, 4) is 11.5 Å². The summed E-state index contributed by atoms with van der Waals surface area (Å²) in [5.74, 6) is -0.163. The van der Waals surface area contributed by atoms with Crippen LogP contribution in [-0.4, -0.2) is 5.11 Å². The number of para-hydroxylation sites is 1. The van der Waals surface area contributed by atoms with Crippen LogP contribution in [0.1, 0.15) is 18.6 Å². The second-order valence-electron chi connectivity index (χ2n) is 3.87. The van der Waals surface area contributed by atoms with Crippen molar-refractivity contribution in [2.75, 3.05) is 0 Å². The summed E-state index contributed by atoms with van der Waals surface area (Å²) in [6.45, 7) is 1.62. The molecule has 0 amide bonds. The second-order valence-corrected chi connectivity index (χ2v) is 4.28. The van der Waals surface area contributed by atoms with Crippen LogP contribution in [-0.2, 0) is 0 Å². The molecule has 0 aromatic heterocycles. The Bertz CT molecular complexity index is 555. The molecule has 0 radical (unpaired) electrons. The van der Waals surface area contributed by atoms with Gasteiger partial charge in [0.25, 0.3) is 0 Å². The predicted octanol–water partition coefficient (Wildman–Crippen LogP) is 4.32. The first-order chi connectivity index (χ1) is 8.59. The molecule has 18 heavy (non-hydrogen) atoms. The van der Waals surface area contributed by atoms with Crippen molar-refractivity contribution in [3.63, 3.8) is 0 Å². The van der Waals surface area contributed by atoms with Gasteiger partial charge in [-0.1, -0.05) is 35.9 Å². The number of hydrogen-bond acceptors (Lipinski definition) is 2. The zero-order valence-corrected chi connectivity index (χ0v) is 10.5. The van der Waals surface area contributed by atoms with Crippen molar-refractivity contribution in [1.82, 2.24) is 0 Å². The van der Waals surface area contributed by atoms with E-state index in [0.29, 0.717) is 11.3 Å². The molecule has 0 aliphatic carbocycles. The molecule has 0 aliphatic heterocycles. The van der Waals surface area contributed by atoms with Crippen LogP contribution in [0, 0.1) is 5.82 Å². The van der Waals surface area contributed by atoms with E-state index in [1.54, 1.807) is 37.3 Å². The third-order valence-electron chi connectivity index (χ3n) is 2.51. The van der Waals surface area contributed by atoms with Crippen molar-refractivity contribution in [3.05, 3.63) is 58.9 Å². The Labute approximate surface area is 110 Å².